The maximum absolute atomic E-state index is 11.7. The highest BCUT2D eigenvalue weighted by Gasteiger charge is 2.29. The van der Waals surface area contributed by atoms with Gasteiger partial charge in [0, 0.05) is 47.2 Å². The van der Waals surface area contributed by atoms with Crippen molar-refractivity contribution in [3.05, 3.63) is 31.3 Å². The van der Waals surface area contributed by atoms with E-state index >= 15 is 0 Å². The molecule has 26 heteroatoms. The lowest BCUT2D eigenvalue weighted by Crippen LogP contribution is -2.31. The second-order valence-corrected chi connectivity index (χ2v) is 14.0. The number of aliphatic hydroxyl groups excluding tert-OH is 2. The van der Waals surface area contributed by atoms with Crippen molar-refractivity contribution in [3.63, 3.8) is 0 Å². The van der Waals surface area contributed by atoms with E-state index in [1.165, 1.54) is 0 Å². The number of carbonyl (C=O) groups excluding carboxylic acids is 4. The minimum Gasteiger partial charge on any atom is -0.463 e. The first-order chi connectivity index (χ1) is 31.0. The molecule has 0 aromatic heterocycles. The van der Waals surface area contributed by atoms with Crippen LogP contribution in [0.25, 0.3) is 31.3 Å². The van der Waals surface area contributed by atoms with Crippen molar-refractivity contribution in [2.45, 2.75) is 141 Å². The van der Waals surface area contributed by atoms with Crippen molar-refractivity contribution >= 4 is 24.2 Å². The van der Waals surface area contributed by atoms with E-state index in [0.29, 0.717) is 64.7 Å². The average molecular weight is 921 g/mol. The molecule has 2 heterocycles. The highest BCUT2D eigenvalue weighted by molar-refractivity contribution is 5.69. The third-order valence-electron chi connectivity index (χ3n) is 8.29. The van der Waals surface area contributed by atoms with Gasteiger partial charge in [0.15, 0.2) is 24.8 Å². The van der Waals surface area contributed by atoms with E-state index in [2.05, 4.69) is 39.6 Å². The number of carbonyl (C=O) groups is 4. The Kier molecular flexibility index (Phi) is 38.9. The second-order valence-electron chi connectivity index (χ2n) is 14.0. The number of esters is 2. The van der Waals surface area contributed by atoms with E-state index < -0.39 is 61.2 Å². The summed E-state index contributed by atoms with van der Waals surface area (Å²) in [5, 5.41) is 30.2. The molecule has 0 aromatic rings. The fraction of sp³-hybridized carbons (Fsp3) is 0.895. The van der Waals surface area contributed by atoms with Gasteiger partial charge in [0.2, 0.25) is 0 Å². The molecule has 0 saturated carbocycles. The number of ether oxygens (including phenoxy) is 10. The number of cyclic esters (lactones) is 4. The minimum absolute atomic E-state index is 0.116. The molecule has 2 aliphatic heterocycles. The molecule has 2 aliphatic rings. The van der Waals surface area contributed by atoms with Crippen molar-refractivity contribution < 1.29 is 76.8 Å². The Bertz CT molecular complexity index is 1320. The normalized spacial score (nSPS) is 16.7. The number of unbranched alkanes of at least 4 members (excludes halogenated alkanes) is 5. The van der Waals surface area contributed by atoms with E-state index in [-0.39, 0.29) is 65.7 Å². The van der Waals surface area contributed by atoms with Gasteiger partial charge in [0.25, 0.3) is 0 Å². The summed E-state index contributed by atoms with van der Waals surface area (Å²) in [6.07, 6.45) is 3.81. The average Bonchev–Trinajstić information content (AvgIpc) is 3.92. The number of rotatable bonds is 36. The summed E-state index contributed by atoms with van der Waals surface area (Å²) in [5.74, 6) is -0.852. The van der Waals surface area contributed by atoms with Crippen LogP contribution < -0.4 is 5.73 Å². The quantitative estimate of drug-likeness (QED) is 0.0124. The van der Waals surface area contributed by atoms with Gasteiger partial charge in [-0.3, -0.25) is 9.59 Å². The summed E-state index contributed by atoms with van der Waals surface area (Å²) in [5.41, 5.74) is 29.3. The fourth-order valence-corrected chi connectivity index (χ4v) is 5.00. The van der Waals surface area contributed by atoms with Gasteiger partial charge in [-0.2, -0.15) is 0 Å². The molecule has 0 aromatic carbocycles. The van der Waals surface area contributed by atoms with Crippen LogP contribution in [0, 0.1) is 0 Å². The predicted molar refractivity (Wildman–Crippen MR) is 225 cm³/mol. The van der Waals surface area contributed by atoms with Gasteiger partial charge in [-0.15, -0.1) is 0 Å². The van der Waals surface area contributed by atoms with E-state index in [0.717, 1.165) is 38.5 Å². The predicted octanol–water partition coefficient (Wildman–Crippen LogP) is 5.95. The van der Waals surface area contributed by atoms with Crippen LogP contribution in [0.1, 0.15) is 104 Å². The van der Waals surface area contributed by atoms with Gasteiger partial charge in [0.05, 0.1) is 26.4 Å². The molecule has 64 heavy (non-hydrogen) atoms. The lowest BCUT2D eigenvalue weighted by atomic mass is 10.2. The van der Waals surface area contributed by atoms with Crippen LogP contribution in [0.2, 0.25) is 0 Å². The van der Waals surface area contributed by atoms with E-state index in [9.17, 15) is 29.4 Å². The molecule has 0 aliphatic carbocycles. The molecule has 366 valence electrons. The third-order valence-corrected chi connectivity index (χ3v) is 8.29. The van der Waals surface area contributed by atoms with Gasteiger partial charge >= 0.3 is 24.2 Å². The Morgan fingerprint density at radius 1 is 0.641 bits per heavy atom. The van der Waals surface area contributed by atoms with Crippen molar-refractivity contribution in [3.8, 4) is 0 Å². The van der Waals surface area contributed by atoms with Crippen LogP contribution >= 0.6 is 0 Å². The Balaban J connectivity index is 0.00000117. The van der Waals surface area contributed by atoms with Crippen LogP contribution in [0.5, 0.6) is 0 Å². The fourth-order valence-electron chi connectivity index (χ4n) is 5.00. The Morgan fingerprint density at radius 3 is 1.38 bits per heavy atom. The Morgan fingerprint density at radius 2 is 1.03 bits per heavy atom. The highest BCUT2D eigenvalue weighted by Crippen LogP contribution is 2.14. The second kappa shape index (κ2) is 42.1. The van der Waals surface area contributed by atoms with Crippen molar-refractivity contribution in [2.24, 2.45) is 21.1 Å². The third kappa shape index (κ3) is 36.6. The smallest absolute Gasteiger partial charge is 0.463 e. The molecule has 0 amide bonds. The molecule has 4 atom stereocenters. The van der Waals surface area contributed by atoms with Crippen LogP contribution in [0.4, 0.5) is 9.59 Å². The molecule has 26 nitrogen and oxygen atoms in total. The Hall–Kier alpha value is -4.87. The highest BCUT2D eigenvalue weighted by atomic mass is 16.8. The molecular formula is C38H68N10O16. The number of hydrogen-bond acceptors (Lipinski definition) is 20. The van der Waals surface area contributed by atoms with Crippen molar-refractivity contribution in [1.82, 2.24) is 0 Å². The van der Waals surface area contributed by atoms with Crippen LogP contribution in [0.3, 0.4) is 0 Å². The molecule has 4 unspecified atom stereocenters. The summed E-state index contributed by atoms with van der Waals surface area (Å²) in [6, 6.07) is 0. The summed E-state index contributed by atoms with van der Waals surface area (Å²) in [6.45, 7) is 6.11. The number of nitrogens with two attached hydrogens (primary N) is 1. The Labute approximate surface area is 372 Å². The summed E-state index contributed by atoms with van der Waals surface area (Å²) >= 11 is 0. The van der Waals surface area contributed by atoms with Crippen LogP contribution in [-0.2, 0) is 57.0 Å². The van der Waals surface area contributed by atoms with Gasteiger partial charge in [0.1, 0.15) is 38.6 Å². The lowest BCUT2D eigenvalue weighted by Gasteiger charge is -2.21. The molecule has 0 bridgehead atoms. The maximum Gasteiger partial charge on any atom is 0.508 e. The maximum atomic E-state index is 11.7. The number of aliphatic hydroxyl groups is 2. The molecule has 2 saturated heterocycles. The van der Waals surface area contributed by atoms with Crippen LogP contribution in [0.15, 0.2) is 15.3 Å². The van der Waals surface area contributed by atoms with Crippen molar-refractivity contribution in [1.29, 1.82) is 0 Å². The van der Waals surface area contributed by atoms with E-state index in [4.69, 9.17) is 60.2 Å². The zero-order valence-electron chi connectivity index (χ0n) is 37.1. The summed E-state index contributed by atoms with van der Waals surface area (Å²) in [7, 11) is 0. The largest absolute Gasteiger partial charge is 0.508 e. The standard InChI is InChI=1S/C22H40N6O8.C12H18O8.C4H10N4/c1-2-9-22(35-16-18(29)14-33-20(31)10-5-3-7-12-25-27-23)36-17-19(30)15-34-21(32)11-6-4-8-13-26-28-24;1-2-3-10(15-4-8-6-17-11(13)19-8)16-5-9-7-18-12(14)20-9;5-3-1-2-4-7-8-6/h18-19,22,29-30H,2-17H2,1H3;8-10H,2-7H2,1H3;1-5H2. The minimum atomic E-state index is -1.03. The molecule has 4 N–H and O–H groups in total. The number of azide groups is 3. The first kappa shape index (κ1) is 59.1. The molecule has 2 fully saturated rings. The first-order valence-electron chi connectivity index (χ1n) is 21.5. The van der Waals surface area contributed by atoms with E-state index in [1.54, 1.807) is 0 Å². The van der Waals surface area contributed by atoms with Gasteiger partial charge in [-0.1, -0.05) is 54.9 Å². The first-order valence-corrected chi connectivity index (χ1v) is 21.5. The van der Waals surface area contributed by atoms with Gasteiger partial charge in [-0.25, -0.2) is 9.59 Å². The monoisotopic (exact) mass is 920 g/mol. The lowest BCUT2D eigenvalue weighted by molar-refractivity contribution is -0.183. The van der Waals surface area contributed by atoms with Gasteiger partial charge < -0.3 is 63.3 Å². The SMILES string of the molecule is CCCC(OCC(O)COC(=O)CCCCCN=[N+]=[N-])OCC(O)COC(=O)CCCCCN=[N+]=[N-].CCCC(OCC1COC(=O)O1)OCC1COC(=O)O1.[N-]=[N+]=NCCCCN. The molecule has 0 radical (unpaired) electrons. The zero-order valence-corrected chi connectivity index (χ0v) is 37.1. The summed E-state index contributed by atoms with van der Waals surface area (Å²) in [4.78, 5) is 52.9. The summed E-state index contributed by atoms with van der Waals surface area (Å²) < 4.78 is 51.2. The zero-order chi connectivity index (χ0) is 47.5. The van der Waals surface area contributed by atoms with Gasteiger partial charge in [-0.05, 0) is 74.5 Å². The van der Waals surface area contributed by atoms with Crippen LogP contribution in [-0.4, -0.2) is 150 Å². The number of nitrogens with zero attached hydrogens (tertiary/aromatic N) is 9. The topological polar surface area (TPSA) is 373 Å². The molecule has 0 spiro atoms. The molecular weight excluding hydrogens is 852 g/mol. The van der Waals surface area contributed by atoms with Crippen molar-refractivity contribution in [2.75, 3.05) is 79.0 Å². The van der Waals surface area contributed by atoms with E-state index in [1.807, 2.05) is 13.8 Å². The number of hydrogen-bond donors (Lipinski definition) is 3. The molecule has 2 rings (SSSR count).